The minimum absolute atomic E-state index is 0. The van der Waals surface area contributed by atoms with Crippen LogP contribution in [-0.4, -0.2) is 63.6 Å². The number of hydrogen-bond acceptors (Lipinski definition) is 11. The van der Waals surface area contributed by atoms with Crippen molar-refractivity contribution in [2.24, 2.45) is 15.3 Å². The summed E-state index contributed by atoms with van der Waals surface area (Å²) in [4.78, 5) is 11.1. The maximum absolute atomic E-state index is 4.94. The second kappa shape index (κ2) is 35.2. The molecule has 0 spiro atoms. The Morgan fingerprint density at radius 1 is 0.294 bits per heavy atom. The molecule has 0 aliphatic carbocycles. The van der Waals surface area contributed by atoms with E-state index in [0.29, 0.717) is 23.9 Å². The Bertz CT molecular complexity index is 5980. The largest absolute Gasteiger partial charge is 0.503 e. The molecule has 614 valence electrons. The van der Waals surface area contributed by atoms with E-state index in [9.17, 15) is 0 Å². The van der Waals surface area contributed by atoms with Gasteiger partial charge < -0.3 is 39.5 Å². The van der Waals surface area contributed by atoms with Gasteiger partial charge in [0.1, 0.15) is 17.5 Å². The zero-order valence-electron chi connectivity index (χ0n) is 71.0. The Morgan fingerprint density at radius 2 is 0.731 bits per heavy atom. The van der Waals surface area contributed by atoms with Crippen LogP contribution in [0.25, 0.3) is 89.3 Å². The third kappa shape index (κ3) is 15.6. The van der Waals surface area contributed by atoms with Crippen molar-refractivity contribution in [3.8, 4) is 77.9 Å². The minimum atomic E-state index is 0. The number of amidine groups is 3. The summed E-state index contributed by atoms with van der Waals surface area (Å²) in [6, 6.07) is 88.8. The van der Waals surface area contributed by atoms with Gasteiger partial charge in [0.05, 0.1) is 0 Å². The number of rotatable bonds is 8. The molecule has 8 aliphatic rings. The van der Waals surface area contributed by atoms with Crippen molar-refractivity contribution in [1.29, 1.82) is 0 Å². The van der Waals surface area contributed by atoms with Crippen molar-refractivity contribution < 1.29 is 80.4 Å². The number of anilines is 4. The topological polar surface area (TPSA) is 63.0 Å². The Kier molecular flexibility index (Phi) is 25.8. The minimum Gasteiger partial charge on any atom is -0.503 e. The fourth-order valence-corrected chi connectivity index (χ4v) is 17.8. The van der Waals surface area contributed by atoms with E-state index in [2.05, 4.69) is 388 Å². The summed E-state index contributed by atoms with van der Waals surface area (Å²) in [6.45, 7) is 45.9. The van der Waals surface area contributed by atoms with E-state index in [1.165, 1.54) is 178 Å². The number of hydrogen-bond donors (Lipinski definition) is 0. The third-order valence-corrected chi connectivity index (χ3v) is 23.6. The van der Waals surface area contributed by atoms with Crippen LogP contribution in [0.3, 0.4) is 0 Å². The molecule has 0 unspecified atom stereocenters. The Labute approximate surface area is 760 Å². The molecule has 20 rings (SSSR count). The van der Waals surface area contributed by atoms with Gasteiger partial charge in [-0.15, -0.1) is 47.8 Å². The van der Waals surface area contributed by atoms with Crippen LogP contribution in [0.4, 0.5) is 22.7 Å². The zero-order chi connectivity index (χ0) is 80.3. The van der Waals surface area contributed by atoms with Crippen molar-refractivity contribution in [1.82, 2.24) is 19.9 Å². The second-order valence-electron chi connectivity index (χ2n) is 32.9. The predicted molar refractivity (Wildman–Crippen MR) is 479 cm³/mol. The summed E-state index contributed by atoms with van der Waals surface area (Å²) in [5, 5.41) is 20.5. The third-order valence-electron chi connectivity index (χ3n) is 23.6. The summed E-state index contributed by atoms with van der Waals surface area (Å²) in [7, 11) is 4.12. The van der Waals surface area contributed by atoms with Crippen molar-refractivity contribution >= 4 is 51.7 Å². The van der Waals surface area contributed by atoms with Crippen molar-refractivity contribution in [3.63, 3.8) is 0 Å². The average molecular weight is 2270 g/mol. The van der Waals surface area contributed by atoms with Gasteiger partial charge in [-0.2, -0.15) is 112 Å². The Hall–Kier alpha value is -9.61. The number of aryl methyl sites for hydroxylation is 9. The molecule has 8 aliphatic heterocycles. The van der Waals surface area contributed by atoms with Gasteiger partial charge in [-0.25, -0.2) is 0 Å². The van der Waals surface area contributed by atoms with Gasteiger partial charge in [-0.1, -0.05) is 242 Å². The van der Waals surface area contributed by atoms with E-state index < -0.39 is 0 Å². The smallest absolute Gasteiger partial charge is 0.128 e. The van der Waals surface area contributed by atoms with E-state index in [1.54, 1.807) is 0 Å². The van der Waals surface area contributed by atoms with E-state index in [0.717, 1.165) is 40.3 Å². The fraction of sp³-hybridized carbons (Fsp3) is 0.221. The second-order valence-corrected chi connectivity index (χ2v) is 32.9. The van der Waals surface area contributed by atoms with Crippen LogP contribution in [0.15, 0.2) is 222 Å². The summed E-state index contributed by atoms with van der Waals surface area (Å²) < 4.78 is 0. The molecule has 0 bridgehead atoms. The number of fused-ring (bicyclic) bond motifs is 24. The van der Waals surface area contributed by atoms with Crippen LogP contribution in [0.2, 0.25) is 0 Å². The monoisotopic (exact) mass is 2270 g/mol. The Morgan fingerprint density at radius 3 is 1.30 bits per heavy atom. The molecule has 0 amide bonds. The van der Waals surface area contributed by atoms with Crippen LogP contribution in [0.5, 0.6) is 0 Å². The van der Waals surface area contributed by atoms with Gasteiger partial charge in [0.15, 0.2) is 0 Å². The molecule has 0 N–H and O–H groups in total. The zero-order valence-corrected chi connectivity index (χ0v) is 80.6. The molecule has 8 heterocycles. The molecule has 119 heavy (non-hydrogen) atoms. The summed E-state index contributed by atoms with van der Waals surface area (Å²) in [6.07, 6.45) is 0. The number of hydrazone groups is 3. The molecule has 0 aromatic heterocycles. The SMILES string of the molecule is CC(C)c1cccc(C(C)C)c1-c1ccc2c(c1)-c1ccc[c-]c1N1[CH-]N(C(C)C)N=C21.Cc1c[c-]c2c(c1)-c1cc(C)c(C)cc1C1=C(c3c(C)cccc3C)N(C)[CH-]N12.Cc1cccc(C)c1-c1c[c-]c2c(c1)-c1ccccc1C1=NN(C(C)C)[CH-]N12.Cc1cccc(C)c1-c1cccc2c1C1=NN(C)[CH-]N1c1[c-]cccc1-2.[Ir].[Ir].[Ir].[Ir]. The average Bonchev–Trinajstić information content (AvgIpc) is 1.33. The first-order valence-electron chi connectivity index (χ1n) is 40.4. The first-order chi connectivity index (χ1) is 55.4. The van der Waals surface area contributed by atoms with Crippen LogP contribution in [0, 0.1) is 113 Å². The van der Waals surface area contributed by atoms with Crippen molar-refractivity contribution in [3.05, 3.63) is 346 Å². The van der Waals surface area contributed by atoms with Crippen molar-refractivity contribution in [2.45, 2.75) is 142 Å². The Balaban J connectivity index is 0.000000136. The van der Waals surface area contributed by atoms with E-state index >= 15 is 0 Å². The molecule has 0 saturated heterocycles. The quantitative estimate of drug-likeness (QED) is 0.140. The molecule has 12 aromatic carbocycles. The standard InChI is InChI=1S/C29H31N3.C27H26N2.C25H23N3.C23H19N3.4Ir/c1-18(2)22-11-9-12-23(19(3)4)28(22)21-14-15-25-26(16-21)24-10-7-8-13-27(24)31-17-32(20(5)6)30-29(25)31;1-16-10-11-24-22(12-16)21-13-19(4)20(5)14-23(21)26-27(28(6)15-29(24)26)25-17(2)8-7-9-18(25)3;1-16(2)28-15-27-23-13-12-19(24-17(3)8-7-9-18(24)4)14-22(23)20-10-5-6-11-21(20)25(27)26-28;1-15-8-6-9-16(2)21(15)19-12-7-11-18-17-10-4-5-13-20(17)26-14-25(3)24-23(26)22(18)19;;;;/h7-12,14-20H,1-6H3;7-10,12-15H,1-6H3;5-12,14-16H,1-4H3;4-12,14H,1-3H3;;;;/q4*-2;;;;. The van der Waals surface area contributed by atoms with Gasteiger partial charge in [-0.3, -0.25) is 0 Å². The molecule has 0 atom stereocenters. The maximum Gasteiger partial charge on any atom is 0.128 e. The van der Waals surface area contributed by atoms with Gasteiger partial charge >= 0.3 is 0 Å². The van der Waals surface area contributed by atoms with Gasteiger partial charge in [0.25, 0.3) is 0 Å². The normalized spacial score (nSPS) is 14.2. The number of para-hydroxylation sites is 2. The molecule has 11 nitrogen and oxygen atoms in total. The van der Waals surface area contributed by atoms with E-state index in [1.807, 2.05) is 40.9 Å². The number of nitrogens with zero attached hydrogens (tertiary/aromatic N) is 11. The predicted octanol–water partition coefficient (Wildman–Crippen LogP) is 24.5. The molecule has 4 radical (unpaired) electrons. The molecule has 15 heteroatoms. The number of benzene rings is 12. The molecule has 0 fully saturated rings. The van der Waals surface area contributed by atoms with Gasteiger partial charge in [0, 0.05) is 126 Å². The molecular formula is C104H99Ir4N11-8. The summed E-state index contributed by atoms with van der Waals surface area (Å²) in [5.74, 6) is 3.86. The van der Waals surface area contributed by atoms with E-state index in [4.69, 9.17) is 15.3 Å². The van der Waals surface area contributed by atoms with Gasteiger partial charge in [0.2, 0.25) is 0 Å². The van der Waals surface area contributed by atoms with Gasteiger partial charge in [-0.05, 0) is 181 Å². The van der Waals surface area contributed by atoms with Crippen molar-refractivity contribution in [2.75, 3.05) is 33.7 Å². The van der Waals surface area contributed by atoms with Crippen LogP contribution in [0.1, 0.15) is 156 Å². The first kappa shape index (κ1) is 87.2. The molecule has 12 aromatic rings. The first-order valence-corrected chi connectivity index (χ1v) is 40.4. The van der Waals surface area contributed by atoms with Crippen LogP contribution < -0.4 is 19.6 Å². The van der Waals surface area contributed by atoms with E-state index in [-0.39, 0.29) is 80.4 Å². The molecule has 0 saturated carbocycles. The summed E-state index contributed by atoms with van der Waals surface area (Å²) >= 11 is 0. The van der Waals surface area contributed by atoms with Crippen LogP contribution in [-0.2, 0) is 80.4 Å². The molecular weight excluding hydrogens is 2170 g/mol. The fourth-order valence-electron chi connectivity index (χ4n) is 17.8. The summed E-state index contributed by atoms with van der Waals surface area (Å²) in [5.41, 5.74) is 45.0. The van der Waals surface area contributed by atoms with Crippen LogP contribution >= 0.6 is 0 Å². The maximum atomic E-state index is 4.94.